The number of aliphatic hydroxyl groups excluding tert-OH is 2. The third-order valence-electron chi connectivity index (χ3n) is 2.56. The Labute approximate surface area is 110 Å². The van der Waals surface area contributed by atoms with Crippen molar-refractivity contribution in [2.75, 3.05) is 11.5 Å². The zero-order valence-electron chi connectivity index (χ0n) is 10.5. The molecule has 2 unspecified atom stereocenters. The van der Waals surface area contributed by atoms with Crippen LogP contribution >= 0.6 is 11.8 Å². The second-order valence-corrected chi connectivity index (χ2v) is 5.38. The number of nitrogens with two attached hydrogens (primary N) is 1. The molecule has 0 saturated carbocycles. The summed E-state index contributed by atoms with van der Waals surface area (Å²) in [5.41, 5.74) is 7.38. The fraction of sp³-hybridized carbons (Fsp3) is 0.500. The Kier molecular flexibility index (Phi) is 5.58. The molecule has 0 aromatic carbocycles. The second-order valence-electron chi connectivity index (χ2n) is 4.11. The summed E-state index contributed by atoms with van der Waals surface area (Å²) in [5, 5.41) is 19.7. The van der Waals surface area contributed by atoms with E-state index in [1.54, 1.807) is 6.07 Å². The number of carbonyl (C=O) groups excluding carboxylic acids is 1. The van der Waals surface area contributed by atoms with Crippen LogP contribution in [0.25, 0.3) is 0 Å². The van der Waals surface area contributed by atoms with E-state index in [0.29, 0.717) is 23.6 Å². The highest BCUT2D eigenvalue weighted by atomic mass is 32.2. The molecule has 0 radical (unpaired) electrons. The number of aromatic nitrogens is 1. The van der Waals surface area contributed by atoms with Crippen LogP contribution in [-0.2, 0) is 4.79 Å². The normalized spacial score (nSPS) is 14.2. The van der Waals surface area contributed by atoms with Crippen molar-refractivity contribution in [3.63, 3.8) is 0 Å². The first-order valence-electron chi connectivity index (χ1n) is 5.63. The standard InChI is InChI=1S/C12H18N2O3S/c1-7-5-10(14-6-9(7)13)12(17)11(16)3-4-18-8(2)15/h5-6,11-12,16-17H,3-4,13H2,1-2H3. The fourth-order valence-electron chi connectivity index (χ4n) is 1.43. The van der Waals surface area contributed by atoms with Gasteiger partial charge in [-0.25, -0.2) is 0 Å². The van der Waals surface area contributed by atoms with E-state index in [-0.39, 0.29) is 5.12 Å². The van der Waals surface area contributed by atoms with Gasteiger partial charge in [-0.3, -0.25) is 9.78 Å². The number of pyridine rings is 1. The smallest absolute Gasteiger partial charge is 0.185 e. The van der Waals surface area contributed by atoms with Gasteiger partial charge in [0.05, 0.1) is 23.7 Å². The Bertz CT molecular complexity index is 426. The van der Waals surface area contributed by atoms with Crippen molar-refractivity contribution in [3.8, 4) is 0 Å². The molecule has 0 saturated heterocycles. The van der Waals surface area contributed by atoms with Gasteiger partial charge < -0.3 is 15.9 Å². The number of aliphatic hydroxyl groups is 2. The van der Waals surface area contributed by atoms with Crippen LogP contribution in [0.4, 0.5) is 5.69 Å². The topological polar surface area (TPSA) is 96.4 Å². The average molecular weight is 270 g/mol. The molecule has 0 amide bonds. The molecule has 4 N–H and O–H groups in total. The first-order chi connectivity index (χ1) is 8.41. The van der Waals surface area contributed by atoms with Crippen molar-refractivity contribution in [2.45, 2.75) is 32.5 Å². The third kappa shape index (κ3) is 4.29. The molecule has 2 atom stereocenters. The lowest BCUT2D eigenvalue weighted by Gasteiger charge is -2.17. The van der Waals surface area contributed by atoms with E-state index >= 15 is 0 Å². The molecule has 100 valence electrons. The quantitative estimate of drug-likeness (QED) is 0.739. The summed E-state index contributed by atoms with van der Waals surface area (Å²) in [6.45, 7) is 3.28. The molecule has 1 heterocycles. The van der Waals surface area contributed by atoms with E-state index in [2.05, 4.69) is 4.98 Å². The second kappa shape index (κ2) is 6.72. The van der Waals surface area contributed by atoms with Gasteiger partial charge in [0.2, 0.25) is 0 Å². The lowest BCUT2D eigenvalue weighted by molar-refractivity contribution is -0.109. The Morgan fingerprint density at radius 2 is 2.22 bits per heavy atom. The van der Waals surface area contributed by atoms with Gasteiger partial charge in [-0.1, -0.05) is 11.8 Å². The van der Waals surface area contributed by atoms with E-state index < -0.39 is 12.2 Å². The summed E-state index contributed by atoms with van der Waals surface area (Å²) in [6, 6.07) is 1.65. The molecule has 0 aliphatic heterocycles. The summed E-state index contributed by atoms with van der Waals surface area (Å²) in [6.07, 6.45) is -0.203. The molecule has 5 nitrogen and oxygen atoms in total. The SMILES string of the molecule is CC(=O)SCCC(O)C(O)c1cc(C)c(N)cn1. The molecule has 6 heteroatoms. The van der Waals surface area contributed by atoms with Gasteiger partial charge in [0.1, 0.15) is 6.10 Å². The van der Waals surface area contributed by atoms with Crippen LogP contribution in [0.15, 0.2) is 12.3 Å². The molecule has 0 aliphatic carbocycles. The molecule has 1 rings (SSSR count). The van der Waals surface area contributed by atoms with Crippen molar-refractivity contribution >= 4 is 22.6 Å². The third-order valence-corrected chi connectivity index (χ3v) is 3.41. The highest BCUT2D eigenvalue weighted by molar-refractivity contribution is 8.13. The lowest BCUT2D eigenvalue weighted by atomic mass is 10.1. The summed E-state index contributed by atoms with van der Waals surface area (Å²) in [7, 11) is 0. The number of hydrogen-bond acceptors (Lipinski definition) is 6. The first-order valence-corrected chi connectivity index (χ1v) is 6.62. The highest BCUT2D eigenvalue weighted by Gasteiger charge is 2.20. The number of anilines is 1. The Morgan fingerprint density at radius 3 is 2.78 bits per heavy atom. The van der Waals surface area contributed by atoms with Crippen molar-refractivity contribution in [2.24, 2.45) is 0 Å². The van der Waals surface area contributed by atoms with Crippen molar-refractivity contribution < 1.29 is 15.0 Å². The molecule has 0 spiro atoms. The minimum Gasteiger partial charge on any atom is -0.397 e. The molecule has 0 fully saturated rings. The van der Waals surface area contributed by atoms with E-state index in [0.717, 1.165) is 17.3 Å². The fourth-order valence-corrected chi connectivity index (χ4v) is 2.08. The van der Waals surface area contributed by atoms with Crippen molar-refractivity contribution in [1.29, 1.82) is 0 Å². The summed E-state index contributed by atoms with van der Waals surface area (Å²) < 4.78 is 0. The molecule has 0 bridgehead atoms. The monoisotopic (exact) mass is 270 g/mol. The van der Waals surface area contributed by atoms with Gasteiger partial charge >= 0.3 is 0 Å². The molecule has 0 aliphatic rings. The molecule has 1 aromatic heterocycles. The predicted octanol–water partition coefficient (Wildman–Crippen LogP) is 1.04. The zero-order valence-corrected chi connectivity index (χ0v) is 11.3. The minimum absolute atomic E-state index is 0.00172. The van der Waals surface area contributed by atoms with Crippen molar-refractivity contribution in [3.05, 3.63) is 23.5 Å². The summed E-state index contributed by atoms with van der Waals surface area (Å²) in [5.74, 6) is 0.474. The van der Waals surface area contributed by atoms with Crippen LogP contribution in [0.1, 0.15) is 30.7 Å². The van der Waals surface area contributed by atoms with E-state index in [4.69, 9.17) is 5.73 Å². The minimum atomic E-state index is -1.06. The van der Waals surface area contributed by atoms with Gasteiger partial charge in [-0.15, -0.1) is 0 Å². The number of hydrogen-bond donors (Lipinski definition) is 3. The molecular formula is C12H18N2O3S. The van der Waals surface area contributed by atoms with Crippen LogP contribution in [0, 0.1) is 6.92 Å². The zero-order chi connectivity index (χ0) is 13.7. The molecular weight excluding hydrogens is 252 g/mol. The Balaban J connectivity index is 2.59. The van der Waals surface area contributed by atoms with Crippen LogP contribution in [0.3, 0.4) is 0 Å². The number of nitrogens with zero attached hydrogens (tertiary/aromatic N) is 1. The average Bonchev–Trinajstić information content (AvgIpc) is 2.31. The molecule has 1 aromatic rings. The van der Waals surface area contributed by atoms with Crippen LogP contribution in [0.2, 0.25) is 0 Å². The number of thioether (sulfide) groups is 1. The number of nitrogen functional groups attached to an aromatic ring is 1. The predicted molar refractivity (Wildman–Crippen MR) is 72.1 cm³/mol. The Hall–Kier alpha value is -1.11. The number of rotatable bonds is 5. The van der Waals surface area contributed by atoms with Gasteiger partial charge in [0, 0.05) is 12.7 Å². The number of carbonyl (C=O) groups is 1. The highest BCUT2D eigenvalue weighted by Crippen LogP contribution is 2.21. The van der Waals surface area contributed by atoms with Crippen LogP contribution in [-0.4, -0.2) is 32.2 Å². The van der Waals surface area contributed by atoms with E-state index in [1.807, 2.05) is 6.92 Å². The summed E-state index contributed by atoms with van der Waals surface area (Å²) in [4.78, 5) is 14.7. The Morgan fingerprint density at radius 1 is 1.56 bits per heavy atom. The van der Waals surface area contributed by atoms with Gasteiger partial charge in [-0.05, 0) is 25.0 Å². The van der Waals surface area contributed by atoms with Gasteiger partial charge in [-0.2, -0.15) is 0 Å². The first kappa shape index (κ1) is 14.9. The molecule has 18 heavy (non-hydrogen) atoms. The maximum atomic E-state index is 10.7. The van der Waals surface area contributed by atoms with E-state index in [9.17, 15) is 15.0 Å². The van der Waals surface area contributed by atoms with E-state index in [1.165, 1.54) is 13.1 Å². The number of aryl methyl sites for hydroxylation is 1. The van der Waals surface area contributed by atoms with Gasteiger partial charge in [0.15, 0.2) is 5.12 Å². The maximum absolute atomic E-state index is 10.7. The maximum Gasteiger partial charge on any atom is 0.185 e. The van der Waals surface area contributed by atoms with Crippen molar-refractivity contribution in [1.82, 2.24) is 4.98 Å². The van der Waals surface area contributed by atoms with Gasteiger partial charge in [0.25, 0.3) is 0 Å². The summed E-state index contributed by atoms with van der Waals surface area (Å²) >= 11 is 1.13. The van der Waals surface area contributed by atoms with Crippen LogP contribution in [0.5, 0.6) is 0 Å². The van der Waals surface area contributed by atoms with Crippen LogP contribution < -0.4 is 5.73 Å². The largest absolute Gasteiger partial charge is 0.397 e. The lowest BCUT2D eigenvalue weighted by Crippen LogP contribution is -2.20.